The Morgan fingerprint density at radius 3 is 2.54 bits per heavy atom. The Morgan fingerprint density at radius 2 is 1.89 bits per heavy atom. The minimum Gasteiger partial charge on any atom is -0.497 e. The molecule has 3 aromatic rings. The molecule has 0 spiro atoms. The van der Waals surface area contributed by atoms with E-state index in [1.807, 2.05) is 65.6 Å². The van der Waals surface area contributed by atoms with Gasteiger partial charge in [0.05, 0.1) is 7.11 Å². The highest BCUT2D eigenvalue weighted by molar-refractivity contribution is 7.08. The number of aryl methyl sites for hydroxylation is 1. The number of hydrogen-bond acceptors (Lipinski definition) is 5. The fraction of sp³-hybridized carbons (Fsp3) is 0.182. The lowest BCUT2D eigenvalue weighted by molar-refractivity contribution is -0.136. The number of thiophene rings is 1. The van der Waals surface area contributed by atoms with Crippen LogP contribution in [0.4, 0.5) is 0 Å². The number of carbonyl (C=O) groups is 2. The van der Waals surface area contributed by atoms with Crippen molar-refractivity contribution in [1.29, 1.82) is 0 Å². The fourth-order valence-corrected chi connectivity index (χ4v) is 3.60. The van der Waals surface area contributed by atoms with Crippen molar-refractivity contribution in [1.82, 2.24) is 4.57 Å². The highest BCUT2D eigenvalue weighted by atomic mass is 32.1. The third-order valence-corrected chi connectivity index (χ3v) is 5.06. The van der Waals surface area contributed by atoms with Gasteiger partial charge < -0.3 is 14.0 Å². The molecule has 0 unspecified atom stereocenters. The van der Waals surface area contributed by atoms with Crippen LogP contribution in [-0.4, -0.2) is 30.0 Å². The van der Waals surface area contributed by atoms with Gasteiger partial charge in [-0.25, -0.2) is 4.79 Å². The molecule has 2 aromatic heterocycles. The molecule has 0 atom stereocenters. The summed E-state index contributed by atoms with van der Waals surface area (Å²) in [6.07, 6.45) is 2.99. The van der Waals surface area contributed by atoms with E-state index in [0.717, 1.165) is 28.4 Å². The van der Waals surface area contributed by atoms with Crippen molar-refractivity contribution < 1.29 is 19.1 Å². The quantitative estimate of drug-likeness (QED) is 0.333. The van der Waals surface area contributed by atoms with Crippen LogP contribution in [-0.2, 0) is 9.53 Å². The molecular formula is C22H21NO4S. The average molecular weight is 395 g/mol. The molecule has 0 saturated heterocycles. The molecule has 6 heteroatoms. The third-order valence-electron chi connectivity index (χ3n) is 4.36. The normalized spacial score (nSPS) is 11.0. The van der Waals surface area contributed by atoms with Crippen LogP contribution in [0.25, 0.3) is 11.8 Å². The molecule has 5 nitrogen and oxygen atoms in total. The largest absolute Gasteiger partial charge is 0.497 e. The molecule has 0 aliphatic rings. The molecule has 0 saturated carbocycles. The van der Waals surface area contributed by atoms with Gasteiger partial charge in [-0.2, -0.15) is 11.3 Å². The van der Waals surface area contributed by atoms with E-state index in [1.54, 1.807) is 24.5 Å². The number of rotatable bonds is 7. The molecule has 0 N–H and O–H groups in total. The Labute approximate surface area is 167 Å². The number of esters is 1. The highest BCUT2D eigenvalue weighted by Crippen LogP contribution is 2.23. The lowest BCUT2D eigenvalue weighted by Crippen LogP contribution is -2.13. The maximum Gasteiger partial charge on any atom is 0.331 e. The Bertz CT molecular complexity index is 998. The second kappa shape index (κ2) is 8.71. The number of methoxy groups -OCH3 is 1. The molecular weight excluding hydrogens is 374 g/mol. The van der Waals surface area contributed by atoms with E-state index in [0.29, 0.717) is 5.56 Å². The Hall–Kier alpha value is -3.12. The van der Waals surface area contributed by atoms with Gasteiger partial charge in [-0.1, -0.05) is 0 Å². The predicted octanol–water partition coefficient (Wildman–Crippen LogP) is 4.60. The Balaban J connectivity index is 1.69. The minimum atomic E-state index is -0.538. The first kappa shape index (κ1) is 19.6. The predicted molar refractivity (Wildman–Crippen MR) is 110 cm³/mol. The first-order valence-electron chi connectivity index (χ1n) is 8.73. The summed E-state index contributed by atoms with van der Waals surface area (Å²) in [5.41, 5.74) is 4.14. The molecule has 28 heavy (non-hydrogen) atoms. The molecule has 0 aliphatic heterocycles. The molecule has 0 bridgehead atoms. The lowest BCUT2D eigenvalue weighted by Gasteiger charge is -2.10. The third kappa shape index (κ3) is 4.40. The van der Waals surface area contributed by atoms with Gasteiger partial charge in [-0.3, -0.25) is 4.79 Å². The first-order chi connectivity index (χ1) is 13.5. The van der Waals surface area contributed by atoms with E-state index >= 15 is 0 Å². The SMILES string of the molecule is COc1ccc(-n2c(C)cc(C(=O)COC(=O)/C=C/c3ccsc3)c2C)cc1. The van der Waals surface area contributed by atoms with Crippen molar-refractivity contribution in [2.45, 2.75) is 13.8 Å². The van der Waals surface area contributed by atoms with Crippen LogP contribution in [0.3, 0.4) is 0 Å². The summed E-state index contributed by atoms with van der Waals surface area (Å²) in [6.45, 7) is 3.52. The standard InChI is InChI=1S/C22H21NO4S/c1-15-12-20(16(2)23(15)18-5-7-19(26-3)8-6-18)21(24)13-27-22(25)9-4-17-10-11-28-14-17/h4-12,14H,13H2,1-3H3/b9-4+. The van der Waals surface area contributed by atoms with Crippen molar-refractivity contribution in [2.24, 2.45) is 0 Å². The number of hydrogen-bond donors (Lipinski definition) is 0. The van der Waals surface area contributed by atoms with E-state index in [1.165, 1.54) is 6.08 Å². The summed E-state index contributed by atoms with van der Waals surface area (Å²) in [6, 6.07) is 11.3. The van der Waals surface area contributed by atoms with Gasteiger partial charge in [0, 0.05) is 28.7 Å². The summed E-state index contributed by atoms with van der Waals surface area (Å²) in [5, 5.41) is 3.84. The van der Waals surface area contributed by atoms with E-state index in [9.17, 15) is 9.59 Å². The fourth-order valence-electron chi connectivity index (χ4n) is 2.97. The zero-order chi connectivity index (χ0) is 20.1. The van der Waals surface area contributed by atoms with Crippen LogP contribution in [0.5, 0.6) is 5.75 Å². The lowest BCUT2D eigenvalue weighted by atomic mass is 10.1. The van der Waals surface area contributed by atoms with Crippen molar-refractivity contribution in [2.75, 3.05) is 13.7 Å². The maximum atomic E-state index is 12.6. The molecule has 0 aliphatic carbocycles. The second-order valence-electron chi connectivity index (χ2n) is 6.24. The molecule has 0 amide bonds. The highest BCUT2D eigenvalue weighted by Gasteiger charge is 2.17. The molecule has 0 radical (unpaired) electrons. The molecule has 3 rings (SSSR count). The number of nitrogens with zero attached hydrogens (tertiary/aromatic N) is 1. The topological polar surface area (TPSA) is 57.5 Å². The summed E-state index contributed by atoms with van der Waals surface area (Å²) in [7, 11) is 1.62. The monoisotopic (exact) mass is 395 g/mol. The number of benzene rings is 1. The van der Waals surface area contributed by atoms with Gasteiger partial charge in [0.1, 0.15) is 5.75 Å². The summed E-state index contributed by atoms with van der Waals surface area (Å²) >= 11 is 1.55. The molecule has 1 aromatic carbocycles. The van der Waals surface area contributed by atoms with Gasteiger partial charge in [0.15, 0.2) is 6.61 Å². The zero-order valence-corrected chi connectivity index (χ0v) is 16.8. The van der Waals surface area contributed by atoms with Gasteiger partial charge in [0.2, 0.25) is 5.78 Å². The van der Waals surface area contributed by atoms with Crippen molar-refractivity contribution in [3.8, 4) is 11.4 Å². The van der Waals surface area contributed by atoms with Crippen LogP contribution in [0.2, 0.25) is 0 Å². The van der Waals surface area contributed by atoms with E-state index in [4.69, 9.17) is 9.47 Å². The summed E-state index contributed by atoms with van der Waals surface area (Å²) in [4.78, 5) is 24.4. The summed E-state index contributed by atoms with van der Waals surface area (Å²) < 4.78 is 12.3. The smallest absolute Gasteiger partial charge is 0.331 e. The van der Waals surface area contributed by atoms with Gasteiger partial charge >= 0.3 is 5.97 Å². The van der Waals surface area contributed by atoms with Crippen LogP contribution in [0.15, 0.2) is 53.2 Å². The van der Waals surface area contributed by atoms with Crippen molar-refractivity contribution in [3.05, 3.63) is 75.7 Å². The number of Topliss-reactive ketones (excluding diaryl/α,β-unsaturated/α-hetero) is 1. The first-order valence-corrected chi connectivity index (χ1v) is 9.67. The van der Waals surface area contributed by atoms with E-state index in [-0.39, 0.29) is 12.4 Å². The van der Waals surface area contributed by atoms with Gasteiger partial charge in [-0.15, -0.1) is 0 Å². The Morgan fingerprint density at radius 1 is 1.14 bits per heavy atom. The van der Waals surface area contributed by atoms with E-state index < -0.39 is 5.97 Å². The number of aromatic nitrogens is 1. The zero-order valence-electron chi connectivity index (χ0n) is 16.0. The van der Waals surface area contributed by atoms with Crippen LogP contribution in [0, 0.1) is 13.8 Å². The number of carbonyl (C=O) groups excluding carboxylic acids is 2. The molecule has 2 heterocycles. The average Bonchev–Trinajstić information content (AvgIpc) is 3.32. The number of ether oxygens (including phenoxy) is 2. The molecule has 144 valence electrons. The van der Waals surface area contributed by atoms with Gasteiger partial charge in [0.25, 0.3) is 0 Å². The van der Waals surface area contributed by atoms with Crippen LogP contribution >= 0.6 is 11.3 Å². The van der Waals surface area contributed by atoms with Crippen molar-refractivity contribution in [3.63, 3.8) is 0 Å². The maximum absolute atomic E-state index is 12.6. The summed E-state index contributed by atoms with van der Waals surface area (Å²) in [5.74, 6) is -0.00131. The number of ketones is 1. The van der Waals surface area contributed by atoms with Crippen LogP contribution < -0.4 is 4.74 Å². The van der Waals surface area contributed by atoms with E-state index in [2.05, 4.69) is 0 Å². The molecule has 0 fully saturated rings. The minimum absolute atomic E-state index is 0.231. The Kier molecular flexibility index (Phi) is 6.11. The van der Waals surface area contributed by atoms with Gasteiger partial charge in [-0.05, 0) is 72.6 Å². The van der Waals surface area contributed by atoms with Crippen LogP contribution in [0.1, 0.15) is 27.3 Å². The van der Waals surface area contributed by atoms with Crippen molar-refractivity contribution >= 4 is 29.2 Å². The second-order valence-corrected chi connectivity index (χ2v) is 7.02.